The fourth-order valence-corrected chi connectivity index (χ4v) is 5.39. The summed E-state index contributed by atoms with van der Waals surface area (Å²) in [6.07, 6.45) is 1.66. The van der Waals surface area contributed by atoms with E-state index in [0.29, 0.717) is 38.3 Å². The minimum atomic E-state index is -0.554. The molecule has 0 saturated heterocycles. The van der Waals surface area contributed by atoms with E-state index in [1.165, 1.54) is 24.3 Å². The number of hydrogen-bond acceptors (Lipinski definition) is 11. The molecule has 2 unspecified atom stereocenters. The number of aromatic nitrogens is 2. The van der Waals surface area contributed by atoms with E-state index in [1.807, 2.05) is 6.92 Å². The van der Waals surface area contributed by atoms with E-state index in [0.717, 1.165) is 24.0 Å². The van der Waals surface area contributed by atoms with Gasteiger partial charge < -0.3 is 30.3 Å². The number of carbonyl (C=O) groups excluding carboxylic acids is 2. The van der Waals surface area contributed by atoms with Crippen LogP contribution >= 0.6 is 0 Å². The number of nitrogens with zero attached hydrogens (tertiary/aromatic N) is 4. The Labute approximate surface area is 240 Å². The van der Waals surface area contributed by atoms with Crippen molar-refractivity contribution in [2.45, 2.75) is 50.9 Å². The van der Waals surface area contributed by atoms with E-state index in [4.69, 9.17) is 9.47 Å². The summed E-state index contributed by atoms with van der Waals surface area (Å²) in [4.78, 5) is 37.3. The topological polar surface area (TPSA) is 174 Å². The van der Waals surface area contributed by atoms with Crippen molar-refractivity contribution in [3.8, 4) is 0 Å². The molecule has 15 heteroatoms. The minimum Gasteiger partial charge on any atom is -0.447 e. The van der Waals surface area contributed by atoms with Gasteiger partial charge in [0.15, 0.2) is 5.52 Å². The van der Waals surface area contributed by atoms with Gasteiger partial charge in [-0.2, -0.15) is 0 Å². The lowest BCUT2D eigenvalue weighted by atomic mass is 10.0. The summed E-state index contributed by atoms with van der Waals surface area (Å²) in [6, 6.07) is 7.53. The number of nitrogens with one attached hydrogen (secondary N) is 3. The molecule has 1 saturated carbocycles. The van der Waals surface area contributed by atoms with E-state index in [1.54, 1.807) is 11.0 Å². The highest BCUT2D eigenvalue weighted by atomic mass is 19.1. The molecule has 5 rings (SSSR count). The van der Waals surface area contributed by atoms with Crippen LogP contribution in [0.4, 0.5) is 20.6 Å². The zero-order valence-electron chi connectivity index (χ0n) is 23.1. The number of nitro groups is 1. The third-order valence-corrected chi connectivity index (χ3v) is 7.54. The lowest BCUT2D eigenvalue weighted by Crippen LogP contribution is -2.46. The van der Waals surface area contributed by atoms with E-state index < -0.39 is 16.6 Å². The van der Waals surface area contributed by atoms with E-state index >= 15 is 0 Å². The first-order valence-corrected chi connectivity index (χ1v) is 13.7. The van der Waals surface area contributed by atoms with E-state index in [2.05, 4.69) is 30.9 Å². The Bertz CT molecular complexity index is 1470. The monoisotopic (exact) mass is 585 g/mol. The molecule has 0 bridgehead atoms. The Morgan fingerprint density at radius 2 is 1.98 bits per heavy atom. The third-order valence-electron chi connectivity index (χ3n) is 7.54. The molecule has 2 atom stereocenters. The summed E-state index contributed by atoms with van der Waals surface area (Å²) < 4.78 is 28.9. The van der Waals surface area contributed by atoms with Crippen LogP contribution in [0.1, 0.15) is 37.3 Å². The van der Waals surface area contributed by atoms with Crippen molar-refractivity contribution in [3.63, 3.8) is 0 Å². The summed E-state index contributed by atoms with van der Waals surface area (Å²) in [7, 11) is 0. The van der Waals surface area contributed by atoms with Crippen LogP contribution in [-0.2, 0) is 27.4 Å². The molecule has 0 spiro atoms. The van der Waals surface area contributed by atoms with Crippen molar-refractivity contribution in [3.05, 3.63) is 57.4 Å². The molecular formula is C27H32FN7O7. The van der Waals surface area contributed by atoms with Crippen molar-refractivity contribution in [1.82, 2.24) is 25.8 Å². The normalized spacial score (nSPS) is 19.6. The van der Waals surface area contributed by atoms with Crippen molar-refractivity contribution in [2.24, 2.45) is 0 Å². The van der Waals surface area contributed by atoms with Gasteiger partial charge in [0, 0.05) is 37.3 Å². The molecule has 1 aromatic heterocycles. The van der Waals surface area contributed by atoms with Crippen molar-refractivity contribution >= 4 is 34.4 Å². The molecule has 1 aliphatic carbocycles. The highest BCUT2D eigenvalue weighted by molar-refractivity contribution is 5.93. The standard InChI is InChI=1S/C27H32FN7O7/c1-27(7-6-20(13-27)30-14-23(36)34-15-17-2-3-19(28)12-18(17)16-34)31-26(37)41-11-10-40-9-8-29-21-4-5-22(35(38)39)25-24(21)32-42-33-25/h2-5,12,20,29-30H,6-11,13-16H2,1H3,(H,31,37). The fraction of sp³-hybridized carbons (Fsp3) is 0.481. The first-order valence-electron chi connectivity index (χ1n) is 13.7. The average Bonchev–Trinajstić information content (AvgIpc) is 3.69. The maximum absolute atomic E-state index is 13.5. The van der Waals surface area contributed by atoms with Crippen LogP contribution < -0.4 is 16.0 Å². The van der Waals surface area contributed by atoms with Gasteiger partial charge in [-0.25, -0.2) is 13.8 Å². The van der Waals surface area contributed by atoms with Gasteiger partial charge in [-0.1, -0.05) is 6.07 Å². The molecule has 1 fully saturated rings. The number of rotatable bonds is 12. The number of alkyl carbamates (subject to hydrolysis) is 1. The Morgan fingerprint density at radius 1 is 1.17 bits per heavy atom. The molecule has 3 N–H and O–H groups in total. The highest BCUT2D eigenvalue weighted by Gasteiger charge is 2.37. The van der Waals surface area contributed by atoms with Gasteiger partial charge in [-0.05, 0) is 65.8 Å². The van der Waals surface area contributed by atoms with E-state index in [-0.39, 0.29) is 54.2 Å². The number of non-ortho nitro benzene ring substituents is 1. The van der Waals surface area contributed by atoms with E-state index in [9.17, 15) is 24.1 Å². The Balaban J connectivity index is 0.944. The number of halogens is 1. The second-order valence-electron chi connectivity index (χ2n) is 10.7. The molecule has 2 aliphatic rings. The summed E-state index contributed by atoms with van der Waals surface area (Å²) in [5.74, 6) is -0.342. The quantitative estimate of drug-likeness (QED) is 0.162. The summed E-state index contributed by atoms with van der Waals surface area (Å²) in [5.41, 5.74) is 1.99. The van der Waals surface area contributed by atoms with Crippen LogP contribution in [0.5, 0.6) is 0 Å². The third kappa shape index (κ3) is 6.91. The lowest BCUT2D eigenvalue weighted by Gasteiger charge is -2.26. The minimum absolute atomic E-state index is 0.0426. The number of nitro benzene ring substituents is 1. The van der Waals surface area contributed by atoms with Crippen LogP contribution in [0.15, 0.2) is 35.0 Å². The smallest absolute Gasteiger partial charge is 0.407 e. The maximum Gasteiger partial charge on any atom is 0.407 e. The molecule has 42 heavy (non-hydrogen) atoms. The predicted octanol–water partition coefficient (Wildman–Crippen LogP) is 2.87. The molecular weight excluding hydrogens is 553 g/mol. The highest BCUT2D eigenvalue weighted by Crippen LogP contribution is 2.30. The number of hydrogen-bond donors (Lipinski definition) is 3. The second kappa shape index (κ2) is 12.7. The second-order valence-corrected chi connectivity index (χ2v) is 10.7. The number of amides is 2. The van der Waals surface area contributed by atoms with Crippen LogP contribution in [0, 0.1) is 15.9 Å². The molecule has 2 aromatic carbocycles. The predicted molar refractivity (Wildman–Crippen MR) is 147 cm³/mol. The van der Waals surface area contributed by atoms with Crippen LogP contribution in [0.2, 0.25) is 0 Å². The number of carbonyl (C=O) groups is 2. The van der Waals surface area contributed by atoms with Crippen LogP contribution in [-0.4, -0.2) is 76.6 Å². The molecule has 0 radical (unpaired) electrons. The number of anilines is 1. The van der Waals surface area contributed by atoms with Crippen molar-refractivity contribution < 1.29 is 33.0 Å². The summed E-state index contributed by atoms with van der Waals surface area (Å²) in [5, 5.41) is 27.7. The fourth-order valence-electron chi connectivity index (χ4n) is 5.39. The Kier molecular flexibility index (Phi) is 8.77. The summed E-state index contributed by atoms with van der Waals surface area (Å²) >= 11 is 0. The summed E-state index contributed by atoms with van der Waals surface area (Å²) in [6.45, 7) is 3.94. The van der Waals surface area contributed by atoms with Crippen molar-refractivity contribution in [1.29, 1.82) is 0 Å². The number of ether oxygens (including phenoxy) is 2. The first kappa shape index (κ1) is 29.1. The van der Waals surface area contributed by atoms with Gasteiger partial charge >= 0.3 is 11.8 Å². The number of fused-ring (bicyclic) bond motifs is 2. The molecule has 224 valence electrons. The largest absolute Gasteiger partial charge is 0.447 e. The zero-order valence-corrected chi connectivity index (χ0v) is 23.1. The average molecular weight is 586 g/mol. The molecule has 3 aromatic rings. The van der Waals surface area contributed by atoms with Gasteiger partial charge in [-0.3, -0.25) is 14.9 Å². The van der Waals surface area contributed by atoms with Gasteiger partial charge in [0.05, 0.1) is 30.4 Å². The van der Waals surface area contributed by atoms with Gasteiger partial charge in [0.25, 0.3) is 0 Å². The Morgan fingerprint density at radius 3 is 2.81 bits per heavy atom. The Hall–Kier alpha value is -4.37. The first-order chi connectivity index (χ1) is 20.2. The maximum atomic E-state index is 13.5. The van der Waals surface area contributed by atoms with Crippen LogP contribution in [0.25, 0.3) is 11.0 Å². The zero-order chi connectivity index (χ0) is 29.7. The molecule has 2 amide bonds. The lowest BCUT2D eigenvalue weighted by molar-refractivity contribution is -0.383. The molecule has 14 nitrogen and oxygen atoms in total. The molecule has 2 heterocycles. The SMILES string of the molecule is CC1(NC(=O)OCCOCCNc2ccc([N+](=O)[O-])c3nonc23)CCC(NCC(=O)N2Cc3ccc(F)cc3C2)C1. The van der Waals surface area contributed by atoms with Gasteiger partial charge in [0.2, 0.25) is 11.4 Å². The van der Waals surface area contributed by atoms with Gasteiger partial charge in [-0.15, -0.1) is 0 Å². The van der Waals surface area contributed by atoms with Crippen molar-refractivity contribution in [2.75, 3.05) is 38.2 Å². The van der Waals surface area contributed by atoms with Crippen LogP contribution in [0.3, 0.4) is 0 Å². The molecule has 1 aliphatic heterocycles. The number of benzene rings is 2. The van der Waals surface area contributed by atoms with Gasteiger partial charge in [0.1, 0.15) is 12.4 Å².